The van der Waals surface area contributed by atoms with Crippen LogP contribution in [-0.4, -0.2) is 139 Å². The Labute approximate surface area is 410 Å². The van der Waals surface area contributed by atoms with Gasteiger partial charge < -0.3 is 39.0 Å². The fourth-order valence-corrected chi connectivity index (χ4v) is 7.79. The first kappa shape index (κ1) is 59.5. The molecule has 0 aliphatic carbocycles. The fourth-order valence-electron chi connectivity index (χ4n) is 7.79. The zero-order valence-electron chi connectivity index (χ0n) is 43.7. The number of likely N-dealkylation sites (N-methyl/N-ethyl adjacent to an activating group) is 4. The van der Waals surface area contributed by atoms with Crippen molar-refractivity contribution in [3.8, 4) is 0 Å². The van der Waals surface area contributed by atoms with Crippen LogP contribution in [0.2, 0.25) is 0 Å². The second kappa shape index (κ2) is 28.8. The summed E-state index contributed by atoms with van der Waals surface area (Å²) in [6.45, 7) is 19.2. The van der Waals surface area contributed by atoms with Crippen molar-refractivity contribution in [1.29, 1.82) is 0 Å². The number of benzene rings is 2. The van der Waals surface area contributed by atoms with Gasteiger partial charge in [-0.2, -0.15) is 0 Å². The number of rotatable bonds is 28. The number of nitrogens with one attached hydrogen (secondary N) is 1. The van der Waals surface area contributed by atoms with Gasteiger partial charge in [0.05, 0.1) is 0 Å². The van der Waals surface area contributed by atoms with Crippen LogP contribution in [0.5, 0.6) is 0 Å². The fraction of sp³-hybridized carbons (Fsp3) is 0.623. The van der Waals surface area contributed by atoms with Crippen LogP contribution >= 0.6 is 0 Å². The van der Waals surface area contributed by atoms with Crippen LogP contribution in [0, 0.1) is 23.7 Å². The Kier molecular flexibility index (Phi) is 24.8. The van der Waals surface area contributed by atoms with E-state index in [-0.39, 0.29) is 61.6 Å². The molecule has 1 unspecified atom stereocenters. The van der Waals surface area contributed by atoms with E-state index < -0.39 is 90.2 Å². The molecule has 1 N–H and O–H groups in total. The van der Waals surface area contributed by atoms with Crippen LogP contribution in [0.1, 0.15) is 113 Å². The molecular weight excluding hydrogens is 885 g/mol. The maximum absolute atomic E-state index is 14.6. The Balaban J connectivity index is 2.41. The number of hydrogen-bond acceptors (Lipinski definition) is 13. The molecule has 2 aromatic rings. The Morgan fingerprint density at radius 3 is 1.12 bits per heavy atom. The van der Waals surface area contributed by atoms with E-state index in [4.69, 9.17) is 18.9 Å². The summed E-state index contributed by atoms with van der Waals surface area (Å²) in [5.74, 6) is -5.76. The molecule has 0 heterocycles. The van der Waals surface area contributed by atoms with Gasteiger partial charge in [-0.05, 0) is 88.3 Å². The smallest absolute Gasteiger partial charge is 0.329 e. The van der Waals surface area contributed by atoms with Gasteiger partial charge in [-0.3, -0.25) is 24.0 Å². The summed E-state index contributed by atoms with van der Waals surface area (Å²) >= 11 is 0. The Bertz CT molecular complexity index is 1990. The van der Waals surface area contributed by atoms with Crippen molar-refractivity contribution in [1.82, 2.24) is 20.0 Å². The van der Waals surface area contributed by atoms with Gasteiger partial charge in [0.1, 0.15) is 24.2 Å². The molecule has 0 fully saturated rings. The molecule has 0 bridgehead atoms. The Morgan fingerprint density at radius 1 is 0.449 bits per heavy atom. The van der Waals surface area contributed by atoms with Gasteiger partial charge >= 0.3 is 23.9 Å². The number of esters is 4. The van der Waals surface area contributed by atoms with Crippen LogP contribution in [0.15, 0.2) is 60.7 Å². The van der Waals surface area contributed by atoms with Crippen molar-refractivity contribution in [2.75, 3.05) is 28.2 Å². The van der Waals surface area contributed by atoms with Crippen LogP contribution in [0.4, 0.5) is 0 Å². The lowest BCUT2D eigenvalue weighted by Gasteiger charge is -2.34. The van der Waals surface area contributed by atoms with E-state index in [1.807, 2.05) is 85.7 Å². The quantitative estimate of drug-likeness (QED) is 0.0772. The van der Waals surface area contributed by atoms with E-state index in [1.54, 1.807) is 37.4 Å². The molecule has 3 amide bonds. The average molecular weight is 965 g/mol. The molecule has 2 rings (SSSR count). The van der Waals surface area contributed by atoms with Crippen LogP contribution in [-0.2, 0) is 70.1 Å². The third kappa shape index (κ3) is 19.3. The molecule has 0 aromatic heterocycles. The molecule has 0 radical (unpaired) electrons. The number of nitrogens with zero attached hydrogens (tertiary/aromatic N) is 3. The van der Waals surface area contributed by atoms with Gasteiger partial charge in [-0.15, -0.1) is 0 Å². The van der Waals surface area contributed by atoms with Gasteiger partial charge in [-0.25, -0.2) is 14.4 Å². The molecule has 0 saturated heterocycles. The summed E-state index contributed by atoms with van der Waals surface area (Å²) in [5, 5.41) is 2.93. The number of ether oxygens (including phenoxy) is 4. The first-order valence-electron chi connectivity index (χ1n) is 24.2. The third-order valence-corrected chi connectivity index (χ3v) is 11.7. The lowest BCUT2D eigenvalue weighted by molar-refractivity contribution is -0.174. The molecule has 0 saturated carbocycles. The van der Waals surface area contributed by atoms with E-state index in [0.29, 0.717) is 12.0 Å². The number of Topliss-reactive ketones (excluding diaryl/α,β-unsaturated/α-hetero) is 1. The number of hydrogen-bond donors (Lipinski definition) is 1. The van der Waals surface area contributed by atoms with Crippen LogP contribution in [0.3, 0.4) is 0 Å². The topological polar surface area (TPSA) is 195 Å². The molecule has 0 aliphatic rings. The maximum Gasteiger partial charge on any atom is 0.329 e. The zero-order chi connectivity index (χ0) is 52.3. The van der Waals surface area contributed by atoms with E-state index in [0.717, 1.165) is 15.4 Å². The first-order valence-corrected chi connectivity index (χ1v) is 24.2. The highest BCUT2D eigenvalue weighted by Crippen LogP contribution is 2.22. The summed E-state index contributed by atoms with van der Waals surface area (Å²) in [6, 6.07) is 13.8. The summed E-state index contributed by atoms with van der Waals surface area (Å²) in [6.07, 6.45) is -4.20. The van der Waals surface area contributed by atoms with E-state index in [1.165, 1.54) is 46.8 Å². The average Bonchev–Trinajstić information content (AvgIpc) is 3.29. The zero-order valence-corrected chi connectivity index (χ0v) is 43.7. The minimum atomic E-state index is -1.47. The van der Waals surface area contributed by atoms with E-state index in [9.17, 15) is 38.4 Å². The van der Waals surface area contributed by atoms with Crippen molar-refractivity contribution >= 4 is 47.4 Å². The highest BCUT2D eigenvalue weighted by atomic mass is 16.6. The standard InChI is InChI=1S/C53H80N4O12/c1-32(2)26-41(54-12)50(62)66-37(10)47(59)56(14)44(29-35(7)8)53(65)69-46(31-40-24-20-17-21-25-40)49(61)57(15)42(27-33(3)4)51(63)67-38(11)48(60)55(13)43(28-34(5)6)52(64)68-45(36(9)58)30-39-22-18-16-19-23-39/h16-25,32-35,37-38,41-46,54H,26-31H2,1-15H3/t37-,38-,41+,42+,43+,44+,45?,46-/m1/s1. The number of ketones is 1. The molecule has 384 valence electrons. The van der Waals surface area contributed by atoms with Crippen molar-refractivity contribution < 1.29 is 57.3 Å². The predicted octanol–water partition coefficient (Wildman–Crippen LogP) is 6.00. The van der Waals surface area contributed by atoms with Crippen LogP contribution in [0.25, 0.3) is 0 Å². The van der Waals surface area contributed by atoms with E-state index in [2.05, 4.69) is 5.32 Å². The van der Waals surface area contributed by atoms with Crippen LogP contribution < -0.4 is 5.32 Å². The minimum Gasteiger partial charge on any atom is -0.452 e. The second-order valence-corrected chi connectivity index (χ2v) is 19.8. The molecule has 16 heteroatoms. The van der Waals surface area contributed by atoms with Crippen molar-refractivity contribution in [3.63, 3.8) is 0 Å². The summed E-state index contributed by atoms with van der Waals surface area (Å²) in [4.78, 5) is 114. The largest absolute Gasteiger partial charge is 0.452 e. The molecule has 0 aliphatic heterocycles. The van der Waals surface area contributed by atoms with Gasteiger partial charge in [0, 0.05) is 34.0 Å². The minimum absolute atomic E-state index is 0.0748. The second-order valence-electron chi connectivity index (χ2n) is 19.8. The van der Waals surface area contributed by atoms with Gasteiger partial charge in [0.25, 0.3) is 17.7 Å². The predicted molar refractivity (Wildman–Crippen MR) is 262 cm³/mol. The van der Waals surface area contributed by atoms with Crippen molar-refractivity contribution in [2.24, 2.45) is 23.7 Å². The highest BCUT2D eigenvalue weighted by molar-refractivity contribution is 5.93. The molecule has 69 heavy (non-hydrogen) atoms. The molecule has 0 spiro atoms. The SMILES string of the molecule is CN[C@@H](CC(C)C)C(=O)O[C@H](C)C(=O)N(C)[C@@H](CC(C)C)C(=O)O[C@H](Cc1ccccc1)C(=O)N(C)[C@@H](CC(C)C)C(=O)O[C@H](C)C(=O)N(C)[C@@H](CC(C)C)C(=O)OC(Cc1ccccc1)C(C)=O. The number of carbonyl (C=O) groups excluding carboxylic acids is 8. The Morgan fingerprint density at radius 2 is 0.768 bits per heavy atom. The first-order chi connectivity index (χ1) is 32.3. The number of amides is 3. The molecule has 16 nitrogen and oxygen atoms in total. The number of carbonyl (C=O) groups is 8. The molecule has 8 atom stereocenters. The molecular formula is C53H80N4O12. The summed E-state index contributed by atoms with van der Waals surface area (Å²) in [5.41, 5.74) is 1.44. The lowest BCUT2D eigenvalue weighted by atomic mass is 10.00. The van der Waals surface area contributed by atoms with Crippen molar-refractivity contribution in [3.05, 3.63) is 71.8 Å². The Hall–Kier alpha value is -5.64. The van der Waals surface area contributed by atoms with Gasteiger partial charge in [0.15, 0.2) is 30.2 Å². The highest BCUT2D eigenvalue weighted by Gasteiger charge is 2.41. The monoisotopic (exact) mass is 965 g/mol. The van der Waals surface area contributed by atoms with Gasteiger partial charge in [0.2, 0.25) is 0 Å². The van der Waals surface area contributed by atoms with Gasteiger partial charge in [-0.1, -0.05) is 116 Å². The third-order valence-electron chi connectivity index (χ3n) is 11.7. The maximum atomic E-state index is 14.6. The van der Waals surface area contributed by atoms with Crippen molar-refractivity contribution in [2.45, 2.75) is 163 Å². The van der Waals surface area contributed by atoms with E-state index >= 15 is 0 Å². The summed E-state index contributed by atoms with van der Waals surface area (Å²) < 4.78 is 23.1. The molecule has 2 aromatic carbocycles. The summed E-state index contributed by atoms with van der Waals surface area (Å²) in [7, 11) is 5.85. The normalized spacial score (nSPS) is 14.9. The lowest BCUT2D eigenvalue weighted by Crippen LogP contribution is -2.53.